The van der Waals surface area contributed by atoms with Crippen LogP contribution in [0.3, 0.4) is 0 Å². The molecule has 1 heterocycles. The third-order valence-electron chi connectivity index (χ3n) is 3.41. The molecule has 0 fully saturated rings. The molecule has 0 saturated heterocycles. The van der Waals surface area contributed by atoms with Gasteiger partial charge >= 0.3 is 5.97 Å². The topological polar surface area (TPSA) is 72.1 Å². The zero-order valence-electron chi connectivity index (χ0n) is 11.7. The molecule has 3 rings (SSSR count). The van der Waals surface area contributed by atoms with Crippen LogP contribution in [0, 0.1) is 0 Å². The highest BCUT2D eigenvalue weighted by Gasteiger charge is 2.26. The summed E-state index contributed by atoms with van der Waals surface area (Å²) in [7, 11) is 0. The molecule has 0 bridgehead atoms. The highest BCUT2D eigenvalue weighted by Crippen LogP contribution is 2.23. The van der Waals surface area contributed by atoms with Crippen molar-refractivity contribution in [2.45, 2.75) is 12.5 Å². The number of aromatic amines is 1. The number of rotatable bonds is 5. The van der Waals surface area contributed by atoms with E-state index in [2.05, 4.69) is 10.2 Å². The fourth-order valence-electron chi connectivity index (χ4n) is 2.27. The van der Waals surface area contributed by atoms with E-state index in [1.165, 1.54) is 0 Å². The SMILES string of the molecule is O=CC(C(=O)OCc1ccccc1)c1n[nH]c2ccccc12. The first-order valence-corrected chi connectivity index (χ1v) is 6.88. The zero-order chi connectivity index (χ0) is 15.4. The van der Waals surface area contributed by atoms with E-state index < -0.39 is 11.9 Å². The number of aldehydes is 1. The minimum Gasteiger partial charge on any atom is -0.460 e. The summed E-state index contributed by atoms with van der Waals surface area (Å²) in [5, 5.41) is 7.65. The lowest BCUT2D eigenvalue weighted by atomic mass is 10.0. The Hall–Kier alpha value is -2.95. The molecule has 110 valence electrons. The predicted octanol–water partition coefficient (Wildman–Crippen LogP) is 2.59. The van der Waals surface area contributed by atoms with Gasteiger partial charge in [-0.3, -0.25) is 9.89 Å². The van der Waals surface area contributed by atoms with Crippen molar-refractivity contribution in [2.24, 2.45) is 0 Å². The van der Waals surface area contributed by atoms with E-state index in [1.54, 1.807) is 0 Å². The molecule has 2 aromatic carbocycles. The van der Waals surface area contributed by atoms with Gasteiger partial charge in [-0.05, 0) is 11.6 Å². The van der Waals surface area contributed by atoms with Gasteiger partial charge in [0.05, 0.1) is 11.2 Å². The van der Waals surface area contributed by atoms with Gasteiger partial charge in [0.1, 0.15) is 12.9 Å². The van der Waals surface area contributed by atoms with Crippen LogP contribution in [0.15, 0.2) is 54.6 Å². The Morgan fingerprint density at radius 2 is 1.86 bits per heavy atom. The first kappa shape index (κ1) is 14.0. The molecular weight excluding hydrogens is 280 g/mol. The maximum atomic E-state index is 12.2. The molecule has 0 radical (unpaired) electrons. The van der Waals surface area contributed by atoms with E-state index >= 15 is 0 Å². The van der Waals surface area contributed by atoms with Crippen LogP contribution in [0.25, 0.3) is 10.9 Å². The van der Waals surface area contributed by atoms with Gasteiger partial charge in [-0.25, -0.2) is 0 Å². The number of ether oxygens (including phenoxy) is 1. The first-order chi connectivity index (χ1) is 10.8. The van der Waals surface area contributed by atoms with Crippen molar-refractivity contribution in [2.75, 3.05) is 0 Å². The van der Waals surface area contributed by atoms with Gasteiger partial charge in [0.25, 0.3) is 0 Å². The van der Waals surface area contributed by atoms with E-state index in [1.807, 2.05) is 54.6 Å². The first-order valence-electron chi connectivity index (χ1n) is 6.88. The summed E-state index contributed by atoms with van der Waals surface area (Å²) < 4.78 is 5.23. The summed E-state index contributed by atoms with van der Waals surface area (Å²) in [5.74, 6) is -1.63. The number of nitrogens with zero attached hydrogens (tertiary/aromatic N) is 1. The van der Waals surface area contributed by atoms with Crippen LogP contribution in [-0.4, -0.2) is 22.5 Å². The average Bonchev–Trinajstić information content (AvgIpc) is 2.99. The summed E-state index contributed by atoms with van der Waals surface area (Å²) in [6, 6.07) is 16.7. The van der Waals surface area contributed by atoms with Crippen molar-refractivity contribution in [1.29, 1.82) is 0 Å². The Bertz CT molecular complexity index is 796. The number of aromatic nitrogens is 2. The second kappa shape index (κ2) is 6.22. The van der Waals surface area contributed by atoms with Gasteiger partial charge in [0.2, 0.25) is 0 Å². The quantitative estimate of drug-likeness (QED) is 0.446. The van der Waals surface area contributed by atoms with Crippen LogP contribution < -0.4 is 0 Å². The largest absolute Gasteiger partial charge is 0.460 e. The van der Waals surface area contributed by atoms with E-state index in [0.29, 0.717) is 12.0 Å². The lowest BCUT2D eigenvalue weighted by Gasteiger charge is -2.09. The Balaban J connectivity index is 1.79. The van der Waals surface area contributed by atoms with Gasteiger partial charge < -0.3 is 9.53 Å². The third kappa shape index (κ3) is 2.74. The van der Waals surface area contributed by atoms with Crippen molar-refractivity contribution < 1.29 is 14.3 Å². The smallest absolute Gasteiger partial charge is 0.322 e. The third-order valence-corrected chi connectivity index (χ3v) is 3.41. The number of hydrogen-bond donors (Lipinski definition) is 1. The Labute approximate surface area is 126 Å². The fourth-order valence-corrected chi connectivity index (χ4v) is 2.27. The van der Waals surface area contributed by atoms with Crippen LogP contribution in [0.4, 0.5) is 0 Å². The molecule has 1 unspecified atom stereocenters. The molecule has 3 aromatic rings. The van der Waals surface area contributed by atoms with Crippen molar-refractivity contribution in [3.63, 3.8) is 0 Å². The zero-order valence-corrected chi connectivity index (χ0v) is 11.7. The summed E-state index contributed by atoms with van der Waals surface area (Å²) in [4.78, 5) is 23.5. The van der Waals surface area contributed by atoms with Crippen LogP contribution in [0.1, 0.15) is 17.2 Å². The number of fused-ring (bicyclic) bond motifs is 1. The van der Waals surface area contributed by atoms with Gasteiger partial charge in [-0.15, -0.1) is 0 Å². The van der Waals surface area contributed by atoms with Crippen LogP contribution in [0.5, 0.6) is 0 Å². The molecule has 0 aliphatic heterocycles. The van der Waals surface area contributed by atoms with Gasteiger partial charge in [0, 0.05) is 5.39 Å². The Morgan fingerprint density at radius 3 is 2.64 bits per heavy atom. The van der Waals surface area contributed by atoms with E-state index in [-0.39, 0.29) is 6.61 Å². The monoisotopic (exact) mass is 294 g/mol. The molecule has 0 aliphatic rings. The molecule has 5 nitrogen and oxygen atoms in total. The lowest BCUT2D eigenvalue weighted by Crippen LogP contribution is -2.18. The molecule has 0 saturated carbocycles. The number of carbonyl (C=O) groups is 2. The summed E-state index contributed by atoms with van der Waals surface area (Å²) in [5.41, 5.74) is 2.04. The molecule has 0 spiro atoms. The average molecular weight is 294 g/mol. The summed E-state index contributed by atoms with van der Waals surface area (Å²) >= 11 is 0. The second-order valence-corrected chi connectivity index (χ2v) is 4.86. The molecule has 22 heavy (non-hydrogen) atoms. The molecule has 0 aliphatic carbocycles. The van der Waals surface area contributed by atoms with Crippen LogP contribution in [0.2, 0.25) is 0 Å². The molecule has 1 atom stereocenters. The standard InChI is InChI=1S/C17H14N2O3/c20-10-14(16-13-8-4-5-9-15(13)18-19-16)17(21)22-11-12-6-2-1-3-7-12/h1-10,14H,11H2,(H,18,19). The number of esters is 1. The van der Waals surface area contributed by atoms with Gasteiger partial charge in [0.15, 0.2) is 5.92 Å². The number of carbonyl (C=O) groups excluding carboxylic acids is 2. The number of nitrogens with one attached hydrogen (secondary N) is 1. The maximum Gasteiger partial charge on any atom is 0.322 e. The Kier molecular flexibility index (Phi) is 3.96. The van der Waals surface area contributed by atoms with Crippen molar-refractivity contribution in [1.82, 2.24) is 10.2 Å². The molecule has 1 N–H and O–H groups in total. The highest BCUT2D eigenvalue weighted by atomic mass is 16.5. The second-order valence-electron chi connectivity index (χ2n) is 4.86. The van der Waals surface area contributed by atoms with Gasteiger partial charge in [-0.2, -0.15) is 5.10 Å². The summed E-state index contributed by atoms with van der Waals surface area (Å²) in [6.45, 7) is 0.131. The number of para-hydroxylation sites is 1. The van der Waals surface area contributed by atoms with Gasteiger partial charge in [-0.1, -0.05) is 48.5 Å². The Morgan fingerprint density at radius 1 is 1.14 bits per heavy atom. The highest BCUT2D eigenvalue weighted by molar-refractivity contribution is 5.98. The molecular formula is C17H14N2O3. The molecule has 5 heteroatoms. The van der Waals surface area contributed by atoms with Crippen molar-refractivity contribution in [3.8, 4) is 0 Å². The van der Waals surface area contributed by atoms with E-state index in [0.717, 1.165) is 16.5 Å². The molecule has 0 amide bonds. The van der Waals surface area contributed by atoms with E-state index in [9.17, 15) is 9.59 Å². The van der Waals surface area contributed by atoms with Crippen molar-refractivity contribution in [3.05, 3.63) is 65.9 Å². The van der Waals surface area contributed by atoms with Crippen LogP contribution in [-0.2, 0) is 20.9 Å². The lowest BCUT2D eigenvalue weighted by molar-refractivity contribution is -0.147. The number of hydrogen-bond acceptors (Lipinski definition) is 4. The maximum absolute atomic E-state index is 12.2. The van der Waals surface area contributed by atoms with Crippen molar-refractivity contribution >= 4 is 23.2 Å². The number of H-pyrrole nitrogens is 1. The van der Waals surface area contributed by atoms with Crippen LogP contribution >= 0.6 is 0 Å². The normalized spacial score (nSPS) is 12.0. The predicted molar refractivity (Wildman–Crippen MR) is 81.1 cm³/mol. The number of benzene rings is 2. The minimum atomic E-state index is -1.03. The molecule has 1 aromatic heterocycles. The fraction of sp³-hybridized carbons (Fsp3) is 0.118. The minimum absolute atomic E-state index is 0.131. The van der Waals surface area contributed by atoms with E-state index in [4.69, 9.17) is 4.74 Å². The summed E-state index contributed by atoms with van der Waals surface area (Å²) in [6.07, 6.45) is 0.565.